The molecule has 0 aliphatic carbocycles. The number of hydrogen-bond acceptors (Lipinski definition) is 3. The Morgan fingerprint density at radius 2 is 1.88 bits per heavy atom. The molecule has 0 saturated carbocycles. The smallest absolute Gasteiger partial charge is 0.0629 e. The summed E-state index contributed by atoms with van der Waals surface area (Å²) in [6.07, 6.45) is 0.685. The zero-order valence-electron chi connectivity index (χ0n) is 11.3. The van der Waals surface area contributed by atoms with Crippen molar-refractivity contribution < 1.29 is 5.11 Å². The van der Waals surface area contributed by atoms with Crippen molar-refractivity contribution in [1.82, 2.24) is 9.78 Å². The van der Waals surface area contributed by atoms with Gasteiger partial charge in [-0.1, -0.05) is 0 Å². The highest BCUT2D eigenvalue weighted by molar-refractivity contribution is 5.85. The third kappa shape index (κ3) is 3.69. The van der Waals surface area contributed by atoms with Crippen LogP contribution >= 0.6 is 12.4 Å². The van der Waals surface area contributed by atoms with Gasteiger partial charge in [-0.2, -0.15) is 5.10 Å². The van der Waals surface area contributed by atoms with E-state index >= 15 is 0 Å². The maximum absolute atomic E-state index is 8.99. The van der Waals surface area contributed by atoms with Gasteiger partial charge in [-0.3, -0.25) is 4.68 Å². The first kappa shape index (κ1) is 16.4. The molecule has 1 atom stereocenters. The van der Waals surface area contributed by atoms with E-state index in [9.17, 15) is 0 Å². The molecule has 1 unspecified atom stereocenters. The Bertz CT molecular complexity index is 369. The second-order valence-corrected chi connectivity index (χ2v) is 5.38. The molecule has 0 spiro atoms. The number of nitrogens with zero attached hydrogens (tertiary/aromatic N) is 2. The zero-order valence-corrected chi connectivity index (χ0v) is 12.1. The largest absolute Gasteiger partial charge is 0.395 e. The van der Waals surface area contributed by atoms with E-state index in [0.717, 1.165) is 17.0 Å². The van der Waals surface area contributed by atoms with Crippen molar-refractivity contribution in [2.75, 3.05) is 6.61 Å². The van der Waals surface area contributed by atoms with Crippen LogP contribution in [-0.4, -0.2) is 27.5 Å². The summed E-state index contributed by atoms with van der Waals surface area (Å²) in [6, 6.07) is -0.199. The first-order chi connectivity index (χ1) is 7.27. The van der Waals surface area contributed by atoms with Gasteiger partial charge in [0.1, 0.15) is 0 Å². The minimum Gasteiger partial charge on any atom is -0.395 e. The van der Waals surface area contributed by atoms with Crippen molar-refractivity contribution in [2.45, 2.75) is 52.6 Å². The van der Waals surface area contributed by atoms with Gasteiger partial charge >= 0.3 is 0 Å². The molecule has 1 aromatic heterocycles. The molecule has 0 radical (unpaired) electrons. The van der Waals surface area contributed by atoms with E-state index < -0.39 is 0 Å². The Kier molecular flexibility index (Phi) is 5.65. The third-order valence-electron chi connectivity index (χ3n) is 2.78. The average molecular weight is 262 g/mol. The molecule has 3 N–H and O–H groups in total. The maximum Gasteiger partial charge on any atom is 0.0629 e. The number of aliphatic hydroxyl groups excluding tert-OH is 1. The number of nitrogens with two attached hydrogens (primary N) is 1. The van der Waals surface area contributed by atoms with Gasteiger partial charge in [-0.25, -0.2) is 0 Å². The van der Waals surface area contributed by atoms with Crippen LogP contribution in [0, 0.1) is 13.8 Å². The van der Waals surface area contributed by atoms with E-state index in [4.69, 9.17) is 10.8 Å². The highest BCUT2D eigenvalue weighted by Crippen LogP contribution is 2.22. The molecule has 17 heavy (non-hydrogen) atoms. The molecule has 1 rings (SSSR count). The van der Waals surface area contributed by atoms with E-state index in [0.29, 0.717) is 6.42 Å². The predicted molar refractivity (Wildman–Crippen MR) is 72.7 cm³/mol. The van der Waals surface area contributed by atoms with Gasteiger partial charge in [-0.15, -0.1) is 12.4 Å². The Labute approximate surface area is 110 Å². The molecule has 0 aliphatic heterocycles. The zero-order chi connectivity index (χ0) is 12.5. The lowest BCUT2D eigenvalue weighted by molar-refractivity contribution is 0.265. The van der Waals surface area contributed by atoms with Crippen molar-refractivity contribution in [2.24, 2.45) is 5.73 Å². The summed E-state index contributed by atoms with van der Waals surface area (Å²) in [5.41, 5.74) is 9.08. The molecule has 0 aliphatic rings. The van der Waals surface area contributed by atoms with E-state index in [1.54, 1.807) is 0 Å². The molecule has 0 fully saturated rings. The van der Waals surface area contributed by atoms with Crippen LogP contribution in [-0.2, 0) is 12.0 Å². The number of halogens is 1. The fourth-order valence-electron chi connectivity index (χ4n) is 1.95. The fourth-order valence-corrected chi connectivity index (χ4v) is 1.95. The van der Waals surface area contributed by atoms with Gasteiger partial charge in [0.2, 0.25) is 0 Å². The van der Waals surface area contributed by atoms with Gasteiger partial charge in [0.15, 0.2) is 0 Å². The summed E-state index contributed by atoms with van der Waals surface area (Å²) in [6.45, 7) is 10.4. The molecule has 1 heterocycles. The summed E-state index contributed by atoms with van der Waals surface area (Å²) in [5.74, 6) is 0. The predicted octanol–water partition coefficient (Wildman–Crippen LogP) is 1.54. The summed E-state index contributed by atoms with van der Waals surface area (Å²) in [5, 5.41) is 13.5. The normalized spacial score (nSPS) is 13.4. The van der Waals surface area contributed by atoms with Crippen molar-refractivity contribution >= 4 is 12.4 Å². The van der Waals surface area contributed by atoms with Gasteiger partial charge in [-0.05, 0) is 46.6 Å². The van der Waals surface area contributed by atoms with Crippen LogP contribution in [0.4, 0.5) is 0 Å². The fraction of sp³-hybridized carbons (Fsp3) is 0.750. The van der Waals surface area contributed by atoms with Crippen molar-refractivity contribution in [3.05, 3.63) is 17.0 Å². The number of aromatic nitrogens is 2. The third-order valence-corrected chi connectivity index (χ3v) is 2.78. The minimum atomic E-state index is -0.199. The molecule has 0 saturated heterocycles. The lowest BCUT2D eigenvalue weighted by Gasteiger charge is -2.21. The maximum atomic E-state index is 8.99. The van der Waals surface area contributed by atoms with Gasteiger partial charge in [0, 0.05) is 11.7 Å². The average Bonchev–Trinajstić information content (AvgIpc) is 2.44. The summed E-state index contributed by atoms with van der Waals surface area (Å²) in [4.78, 5) is 0. The number of aliphatic hydroxyl groups is 1. The van der Waals surface area contributed by atoms with Crippen LogP contribution in [0.1, 0.15) is 37.7 Å². The van der Waals surface area contributed by atoms with Crippen molar-refractivity contribution in [3.8, 4) is 0 Å². The SMILES string of the molecule is Cc1nn(C(C)(C)C)c(C)c1CC(N)CO.Cl. The standard InChI is InChI=1S/C12H23N3O.ClH/c1-8-11(6-10(13)7-16)9(2)15(14-8)12(3,4)5;/h10,16H,6-7,13H2,1-5H3;1H. The Hall–Kier alpha value is -0.580. The quantitative estimate of drug-likeness (QED) is 0.868. The van der Waals surface area contributed by atoms with Crippen LogP contribution in [0.3, 0.4) is 0 Å². The molecule has 5 heteroatoms. The van der Waals surface area contributed by atoms with E-state index in [1.165, 1.54) is 0 Å². The monoisotopic (exact) mass is 261 g/mol. The van der Waals surface area contributed by atoms with Gasteiger partial charge < -0.3 is 10.8 Å². The molecule has 100 valence electrons. The van der Waals surface area contributed by atoms with Crippen LogP contribution in [0.15, 0.2) is 0 Å². The minimum absolute atomic E-state index is 0. The Balaban J connectivity index is 0.00000256. The van der Waals surface area contributed by atoms with E-state index in [2.05, 4.69) is 32.8 Å². The molecule has 0 bridgehead atoms. The Morgan fingerprint density at radius 1 is 1.35 bits per heavy atom. The van der Waals surface area contributed by atoms with Gasteiger partial charge in [0.25, 0.3) is 0 Å². The van der Waals surface area contributed by atoms with Crippen LogP contribution in [0.25, 0.3) is 0 Å². The molecule has 4 nitrogen and oxygen atoms in total. The molecular weight excluding hydrogens is 238 g/mol. The number of aryl methyl sites for hydroxylation is 1. The molecule has 1 aromatic rings. The summed E-state index contributed by atoms with van der Waals surface area (Å²) < 4.78 is 2.03. The molecule has 0 amide bonds. The van der Waals surface area contributed by atoms with Crippen LogP contribution in [0.2, 0.25) is 0 Å². The van der Waals surface area contributed by atoms with Crippen molar-refractivity contribution in [1.29, 1.82) is 0 Å². The van der Waals surface area contributed by atoms with Crippen LogP contribution < -0.4 is 5.73 Å². The van der Waals surface area contributed by atoms with Crippen LogP contribution in [0.5, 0.6) is 0 Å². The second kappa shape index (κ2) is 5.85. The second-order valence-electron chi connectivity index (χ2n) is 5.38. The molecule has 0 aromatic carbocycles. The number of rotatable bonds is 3. The lowest BCUT2D eigenvalue weighted by Crippen LogP contribution is -2.28. The molecular formula is C12H24ClN3O. The summed E-state index contributed by atoms with van der Waals surface area (Å²) in [7, 11) is 0. The lowest BCUT2D eigenvalue weighted by atomic mass is 10.0. The van der Waals surface area contributed by atoms with E-state index in [1.807, 2.05) is 11.6 Å². The van der Waals surface area contributed by atoms with E-state index in [-0.39, 0.29) is 30.6 Å². The highest BCUT2D eigenvalue weighted by atomic mass is 35.5. The topological polar surface area (TPSA) is 64.1 Å². The van der Waals surface area contributed by atoms with Gasteiger partial charge in [0.05, 0.1) is 17.8 Å². The van der Waals surface area contributed by atoms with Crippen molar-refractivity contribution in [3.63, 3.8) is 0 Å². The first-order valence-electron chi connectivity index (χ1n) is 5.69. The number of hydrogen-bond donors (Lipinski definition) is 2. The highest BCUT2D eigenvalue weighted by Gasteiger charge is 2.21. The first-order valence-corrected chi connectivity index (χ1v) is 5.69. The Morgan fingerprint density at radius 3 is 2.24 bits per heavy atom. The summed E-state index contributed by atoms with van der Waals surface area (Å²) >= 11 is 0.